The number of hydrogen-bond acceptors (Lipinski definition) is 4. The first kappa shape index (κ1) is 22.0. The lowest BCUT2D eigenvalue weighted by Gasteiger charge is -2.12. The predicted molar refractivity (Wildman–Crippen MR) is 114 cm³/mol. The second-order valence-electron chi connectivity index (χ2n) is 6.83. The molecule has 3 aromatic rings. The molecule has 2 aromatic carbocycles. The van der Waals surface area contributed by atoms with E-state index in [0.29, 0.717) is 28.6 Å². The number of carbonyl (C=O) groups excluding carboxylic acids is 1. The number of aliphatic hydroxyl groups excluding tert-OH is 1. The molecular formula is C23H17ClFNO5. The molecule has 1 aromatic heterocycles. The molecule has 3 rings (SSSR count). The Labute approximate surface area is 181 Å². The third-order valence-corrected chi connectivity index (χ3v) is 4.70. The van der Waals surface area contributed by atoms with E-state index in [2.05, 4.69) is 0 Å². The summed E-state index contributed by atoms with van der Waals surface area (Å²) in [6.45, 7) is 0.0790. The Morgan fingerprint density at radius 2 is 1.71 bits per heavy atom. The molecule has 31 heavy (non-hydrogen) atoms. The van der Waals surface area contributed by atoms with Crippen molar-refractivity contribution in [2.75, 3.05) is 0 Å². The predicted octanol–water partition coefficient (Wildman–Crippen LogP) is 3.83. The number of aliphatic carboxylic acids is 1. The van der Waals surface area contributed by atoms with Gasteiger partial charge >= 0.3 is 5.97 Å². The largest absolute Gasteiger partial charge is 0.507 e. The number of aliphatic hydroxyl groups is 1. The van der Waals surface area contributed by atoms with Crippen molar-refractivity contribution in [2.45, 2.75) is 13.0 Å². The number of rotatable bonds is 7. The summed E-state index contributed by atoms with van der Waals surface area (Å²) in [5.74, 6) is -4.28. The van der Waals surface area contributed by atoms with Crippen molar-refractivity contribution in [2.24, 2.45) is 0 Å². The van der Waals surface area contributed by atoms with Gasteiger partial charge in [0.25, 0.3) is 11.3 Å². The molecule has 158 valence electrons. The summed E-state index contributed by atoms with van der Waals surface area (Å²) in [4.78, 5) is 35.2. The first-order valence-electron chi connectivity index (χ1n) is 9.13. The molecule has 0 amide bonds. The number of aromatic nitrogens is 1. The SMILES string of the molecule is O=C(O)C(=O)C=C(O)c1cc(Cc2cccc(Cl)c2)cn(Cc2ccc(F)cc2)c1=O. The van der Waals surface area contributed by atoms with Gasteiger partial charge in [-0.05, 0) is 53.4 Å². The van der Waals surface area contributed by atoms with E-state index in [0.717, 1.165) is 5.56 Å². The fourth-order valence-electron chi connectivity index (χ4n) is 3.03. The zero-order chi connectivity index (χ0) is 22.5. The normalized spacial score (nSPS) is 11.4. The molecule has 2 N–H and O–H groups in total. The van der Waals surface area contributed by atoms with Gasteiger partial charge in [-0.2, -0.15) is 0 Å². The minimum absolute atomic E-state index is 0.0790. The van der Waals surface area contributed by atoms with Crippen LogP contribution in [0.5, 0.6) is 0 Å². The first-order valence-corrected chi connectivity index (χ1v) is 9.51. The Bertz CT molecular complexity index is 1230. The van der Waals surface area contributed by atoms with Crippen LogP contribution in [0.15, 0.2) is 71.7 Å². The number of benzene rings is 2. The van der Waals surface area contributed by atoms with E-state index in [1.54, 1.807) is 24.4 Å². The molecule has 0 atom stereocenters. The number of hydrogen-bond donors (Lipinski definition) is 2. The number of halogens is 2. The highest BCUT2D eigenvalue weighted by molar-refractivity contribution is 6.38. The summed E-state index contributed by atoms with van der Waals surface area (Å²) in [5.41, 5.74) is 1.24. The maximum atomic E-state index is 13.2. The van der Waals surface area contributed by atoms with Gasteiger partial charge in [0.2, 0.25) is 0 Å². The molecular weight excluding hydrogens is 425 g/mol. The molecule has 0 bridgehead atoms. The fourth-order valence-corrected chi connectivity index (χ4v) is 3.24. The third-order valence-electron chi connectivity index (χ3n) is 4.46. The topological polar surface area (TPSA) is 96.6 Å². The summed E-state index contributed by atoms with van der Waals surface area (Å²) in [6, 6.07) is 14.0. The molecule has 0 saturated carbocycles. The van der Waals surface area contributed by atoms with Crippen molar-refractivity contribution in [3.8, 4) is 0 Å². The van der Waals surface area contributed by atoms with E-state index in [9.17, 15) is 23.9 Å². The van der Waals surface area contributed by atoms with Crippen molar-refractivity contribution in [1.82, 2.24) is 4.57 Å². The van der Waals surface area contributed by atoms with Crippen LogP contribution in [0.25, 0.3) is 5.76 Å². The second-order valence-corrected chi connectivity index (χ2v) is 7.26. The molecule has 0 aliphatic carbocycles. The van der Waals surface area contributed by atoms with Gasteiger partial charge < -0.3 is 14.8 Å². The summed E-state index contributed by atoms with van der Waals surface area (Å²) in [6.07, 6.45) is 2.43. The number of pyridine rings is 1. The number of carboxylic acids is 1. The maximum absolute atomic E-state index is 13.2. The Morgan fingerprint density at radius 3 is 2.35 bits per heavy atom. The van der Waals surface area contributed by atoms with Crippen molar-refractivity contribution < 1.29 is 24.2 Å². The Morgan fingerprint density at radius 1 is 1.00 bits per heavy atom. The smallest absolute Gasteiger partial charge is 0.376 e. The van der Waals surface area contributed by atoms with Crippen LogP contribution >= 0.6 is 11.6 Å². The van der Waals surface area contributed by atoms with Gasteiger partial charge in [-0.1, -0.05) is 35.9 Å². The van der Waals surface area contributed by atoms with E-state index in [1.165, 1.54) is 34.9 Å². The van der Waals surface area contributed by atoms with Crippen molar-refractivity contribution >= 4 is 29.1 Å². The monoisotopic (exact) mass is 441 g/mol. The van der Waals surface area contributed by atoms with Crippen LogP contribution < -0.4 is 5.56 Å². The lowest BCUT2D eigenvalue weighted by molar-refractivity contribution is -0.146. The van der Waals surface area contributed by atoms with Crippen LogP contribution in [0.2, 0.25) is 5.02 Å². The third kappa shape index (κ3) is 5.67. The van der Waals surface area contributed by atoms with Gasteiger partial charge in [-0.15, -0.1) is 0 Å². The van der Waals surface area contributed by atoms with Crippen LogP contribution in [0, 0.1) is 5.82 Å². The second kappa shape index (κ2) is 9.40. The van der Waals surface area contributed by atoms with E-state index in [-0.39, 0.29) is 12.1 Å². The molecule has 8 heteroatoms. The molecule has 0 spiro atoms. The molecule has 0 unspecified atom stereocenters. The van der Waals surface area contributed by atoms with Gasteiger partial charge in [0, 0.05) is 17.3 Å². The highest BCUT2D eigenvalue weighted by Crippen LogP contribution is 2.17. The van der Waals surface area contributed by atoms with Crippen LogP contribution in [-0.4, -0.2) is 26.5 Å². The molecule has 0 saturated heterocycles. The molecule has 0 aliphatic heterocycles. The Kier molecular flexibility index (Phi) is 6.67. The Balaban J connectivity index is 2.07. The van der Waals surface area contributed by atoms with Gasteiger partial charge in [0.05, 0.1) is 12.1 Å². The van der Waals surface area contributed by atoms with E-state index >= 15 is 0 Å². The van der Waals surface area contributed by atoms with Crippen LogP contribution in [-0.2, 0) is 22.6 Å². The van der Waals surface area contributed by atoms with Gasteiger partial charge in [-0.25, -0.2) is 9.18 Å². The molecule has 0 radical (unpaired) electrons. The molecule has 6 nitrogen and oxygen atoms in total. The van der Waals surface area contributed by atoms with Crippen molar-refractivity contribution in [1.29, 1.82) is 0 Å². The number of ketones is 1. The van der Waals surface area contributed by atoms with E-state index in [1.807, 2.05) is 6.07 Å². The zero-order valence-electron chi connectivity index (χ0n) is 16.1. The van der Waals surface area contributed by atoms with Gasteiger partial charge in [0.15, 0.2) is 0 Å². The van der Waals surface area contributed by atoms with E-state index in [4.69, 9.17) is 16.7 Å². The van der Waals surface area contributed by atoms with Crippen LogP contribution in [0.4, 0.5) is 4.39 Å². The van der Waals surface area contributed by atoms with Crippen molar-refractivity contribution in [3.63, 3.8) is 0 Å². The van der Waals surface area contributed by atoms with E-state index < -0.39 is 28.9 Å². The number of carboxylic acid groups (broad SMARTS) is 1. The quantitative estimate of drug-likeness (QED) is 0.330. The number of nitrogens with zero attached hydrogens (tertiary/aromatic N) is 1. The fraction of sp³-hybridized carbons (Fsp3) is 0.0870. The summed E-state index contributed by atoms with van der Waals surface area (Å²) < 4.78 is 14.5. The zero-order valence-corrected chi connectivity index (χ0v) is 16.8. The van der Waals surface area contributed by atoms with Crippen molar-refractivity contribution in [3.05, 3.63) is 110 Å². The summed E-state index contributed by atoms with van der Waals surface area (Å²) in [5, 5.41) is 19.6. The summed E-state index contributed by atoms with van der Waals surface area (Å²) >= 11 is 6.03. The average molecular weight is 442 g/mol. The maximum Gasteiger partial charge on any atom is 0.376 e. The highest BCUT2D eigenvalue weighted by Gasteiger charge is 2.16. The van der Waals surface area contributed by atoms with Gasteiger partial charge in [-0.3, -0.25) is 9.59 Å². The van der Waals surface area contributed by atoms with Crippen LogP contribution in [0.1, 0.15) is 22.3 Å². The van der Waals surface area contributed by atoms with Crippen LogP contribution in [0.3, 0.4) is 0 Å². The Hall–Kier alpha value is -3.71. The highest BCUT2D eigenvalue weighted by atomic mass is 35.5. The standard InChI is InChI=1S/C23H17ClFNO5/c24-17-3-1-2-15(9-17)8-16-10-19(20(27)11-21(28)23(30)31)22(29)26(13-16)12-14-4-6-18(25)7-5-14/h1-7,9-11,13,27H,8,12H2,(H,30,31). The minimum Gasteiger partial charge on any atom is -0.507 e. The molecule has 1 heterocycles. The lowest BCUT2D eigenvalue weighted by Crippen LogP contribution is -2.25. The van der Waals surface area contributed by atoms with Gasteiger partial charge in [0.1, 0.15) is 11.6 Å². The minimum atomic E-state index is -1.76. The molecule has 0 aliphatic rings. The lowest BCUT2D eigenvalue weighted by atomic mass is 10.0. The average Bonchev–Trinajstić information content (AvgIpc) is 2.71. The molecule has 0 fully saturated rings. The first-order chi connectivity index (χ1) is 14.7. The summed E-state index contributed by atoms with van der Waals surface area (Å²) in [7, 11) is 0. The number of carbonyl (C=O) groups is 2.